The number of carbonyl (C=O) groups excluding carboxylic acids is 1. The van der Waals surface area contributed by atoms with Crippen molar-refractivity contribution in [3.05, 3.63) is 62.5 Å². The zero-order valence-corrected chi connectivity index (χ0v) is 20.4. The highest BCUT2D eigenvalue weighted by molar-refractivity contribution is 8.26. The Hall–Kier alpha value is -3.53. The van der Waals surface area contributed by atoms with Crippen molar-refractivity contribution in [1.29, 1.82) is 5.41 Å². The van der Waals surface area contributed by atoms with Gasteiger partial charge in [0.2, 0.25) is 5.17 Å². The number of hydrazone groups is 1. The van der Waals surface area contributed by atoms with Gasteiger partial charge in [-0.15, -0.1) is 0 Å². The lowest BCUT2D eigenvalue weighted by Gasteiger charge is -2.20. The number of aromatic nitrogens is 1. The fraction of sp³-hybridized carbons (Fsp3) is 0.333. The van der Waals surface area contributed by atoms with Crippen LogP contribution in [0, 0.1) is 36.3 Å². The van der Waals surface area contributed by atoms with Gasteiger partial charge in [0, 0.05) is 23.5 Å². The summed E-state index contributed by atoms with van der Waals surface area (Å²) in [6.45, 7) is 7.83. The molecule has 2 aliphatic rings. The Morgan fingerprint density at radius 3 is 2.68 bits per heavy atom. The first-order valence-corrected chi connectivity index (χ1v) is 12.0. The number of aliphatic imine (C=N–C) groups is 1. The largest absolute Gasteiger partial charge is 0.317 e. The molecule has 2 aromatic rings. The van der Waals surface area contributed by atoms with E-state index in [4.69, 9.17) is 5.41 Å². The maximum Gasteiger partial charge on any atom is 0.283 e. The highest BCUT2D eigenvalue weighted by atomic mass is 32.2. The van der Waals surface area contributed by atoms with E-state index >= 15 is 0 Å². The van der Waals surface area contributed by atoms with Crippen LogP contribution in [0.4, 0.5) is 5.69 Å². The summed E-state index contributed by atoms with van der Waals surface area (Å²) in [4.78, 5) is 27.8. The Morgan fingerprint density at radius 2 is 1.97 bits per heavy atom. The summed E-state index contributed by atoms with van der Waals surface area (Å²) in [5, 5.41) is 27.1. The second-order valence-electron chi connectivity index (χ2n) is 8.36. The fourth-order valence-corrected chi connectivity index (χ4v) is 5.00. The zero-order valence-electron chi connectivity index (χ0n) is 19.6. The zero-order chi connectivity index (χ0) is 24.6. The lowest BCUT2D eigenvalue weighted by molar-refractivity contribution is -0.384. The molecular formula is C24H26N6O3S. The summed E-state index contributed by atoms with van der Waals surface area (Å²) in [6.07, 6.45) is 5.69. The molecule has 0 saturated carbocycles. The SMILES string of the molecule is CCCCCC1=NN2C(=N)/C(=C/c3cc(C)n(-c4cc([N+](=O)[O-])ccc4C)c3C)C(=O)N=C2S1. The number of rotatable bonds is 7. The van der Waals surface area contributed by atoms with Crippen molar-refractivity contribution < 1.29 is 9.72 Å². The van der Waals surface area contributed by atoms with Crippen molar-refractivity contribution in [2.45, 2.75) is 53.4 Å². The average Bonchev–Trinajstić information content (AvgIpc) is 3.31. The van der Waals surface area contributed by atoms with Crippen LogP contribution in [0.3, 0.4) is 0 Å². The molecule has 0 aliphatic carbocycles. The van der Waals surface area contributed by atoms with Crippen molar-refractivity contribution in [2.24, 2.45) is 10.1 Å². The molecule has 0 radical (unpaired) electrons. The van der Waals surface area contributed by atoms with E-state index in [1.165, 1.54) is 22.8 Å². The number of thioether (sulfide) groups is 1. The molecule has 1 N–H and O–H groups in total. The summed E-state index contributed by atoms with van der Waals surface area (Å²) in [5.41, 5.74) is 4.19. The van der Waals surface area contributed by atoms with Crippen molar-refractivity contribution in [2.75, 3.05) is 0 Å². The third-order valence-corrected chi connectivity index (χ3v) is 6.87. The third-order valence-electron chi connectivity index (χ3n) is 5.91. The number of nitro groups is 1. The van der Waals surface area contributed by atoms with E-state index in [-0.39, 0.29) is 17.1 Å². The second-order valence-corrected chi connectivity index (χ2v) is 9.40. The van der Waals surface area contributed by atoms with Gasteiger partial charge in [0.05, 0.1) is 16.2 Å². The number of amides is 1. The summed E-state index contributed by atoms with van der Waals surface area (Å²) in [5.74, 6) is -0.464. The standard InChI is InChI=1S/C24H26N6O3S/c1-5-6-7-8-21-27-29-22(25)19(23(31)26-24(29)34-21)12-17-11-15(3)28(16(17)4)20-13-18(30(32)33)10-9-14(20)2/h9-13,25H,5-8H2,1-4H3/b19-12-,25-22?. The number of nitrogens with zero attached hydrogens (tertiary/aromatic N) is 5. The van der Waals surface area contributed by atoms with Crippen LogP contribution >= 0.6 is 11.8 Å². The van der Waals surface area contributed by atoms with E-state index in [2.05, 4.69) is 17.0 Å². The Kier molecular flexibility index (Phi) is 6.52. The number of non-ortho nitro benzene ring substituents is 1. The molecule has 9 nitrogen and oxygen atoms in total. The van der Waals surface area contributed by atoms with E-state index < -0.39 is 10.8 Å². The predicted octanol–water partition coefficient (Wildman–Crippen LogP) is 5.51. The number of hydrogen-bond donors (Lipinski definition) is 1. The molecule has 1 aromatic heterocycles. The van der Waals surface area contributed by atoms with Gasteiger partial charge >= 0.3 is 0 Å². The van der Waals surface area contributed by atoms with Crippen LogP contribution in [-0.2, 0) is 4.79 Å². The summed E-state index contributed by atoms with van der Waals surface area (Å²) in [6, 6.07) is 6.66. The molecule has 0 spiro atoms. The molecule has 0 atom stereocenters. The number of unbranched alkanes of at least 4 members (excludes halogenated alkanes) is 2. The van der Waals surface area contributed by atoms with Gasteiger partial charge in [0.25, 0.3) is 11.6 Å². The third kappa shape index (κ3) is 4.33. The summed E-state index contributed by atoms with van der Waals surface area (Å²) >= 11 is 1.35. The summed E-state index contributed by atoms with van der Waals surface area (Å²) < 4.78 is 1.93. The van der Waals surface area contributed by atoms with Crippen LogP contribution in [0.1, 0.15) is 55.1 Å². The highest BCUT2D eigenvalue weighted by Gasteiger charge is 2.35. The average molecular weight is 479 g/mol. The molecule has 10 heteroatoms. The van der Waals surface area contributed by atoms with Crippen molar-refractivity contribution >= 4 is 45.5 Å². The number of benzene rings is 1. The Morgan fingerprint density at radius 1 is 1.21 bits per heavy atom. The normalized spacial score (nSPS) is 16.7. The van der Waals surface area contributed by atoms with E-state index in [0.717, 1.165) is 53.2 Å². The molecule has 2 aliphatic heterocycles. The minimum Gasteiger partial charge on any atom is -0.317 e. The molecule has 1 amide bonds. The van der Waals surface area contributed by atoms with Crippen LogP contribution in [0.25, 0.3) is 11.8 Å². The highest BCUT2D eigenvalue weighted by Crippen LogP contribution is 2.32. The number of amidine groups is 2. The van der Waals surface area contributed by atoms with E-state index in [0.29, 0.717) is 10.9 Å². The Labute approximate surface area is 201 Å². The Balaban J connectivity index is 1.69. The lowest BCUT2D eigenvalue weighted by atomic mass is 10.1. The molecule has 0 fully saturated rings. The second kappa shape index (κ2) is 9.38. The van der Waals surface area contributed by atoms with Crippen LogP contribution in [0.5, 0.6) is 0 Å². The topological polar surface area (TPSA) is 117 Å². The quantitative estimate of drug-likeness (QED) is 0.244. The smallest absolute Gasteiger partial charge is 0.283 e. The maximum absolute atomic E-state index is 12.8. The van der Waals surface area contributed by atoms with E-state index in [9.17, 15) is 14.9 Å². The molecule has 176 valence electrons. The van der Waals surface area contributed by atoms with Gasteiger partial charge in [0.1, 0.15) is 5.04 Å². The van der Waals surface area contributed by atoms with Gasteiger partial charge in [-0.2, -0.15) is 15.1 Å². The number of fused-ring (bicyclic) bond motifs is 1. The van der Waals surface area contributed by atoms with Crippen molar-refractivity contribution in [3.63, 3.8) is 0 Å². The van der Waals surface area contributed by atoms with Gasteiger partial charge in [-0.1, -0.05) is 25.8 Å². The number of aryl methyl sites for hydroxylation is 2. The molecule has 0 bridgehead atoms. The molecular weight excluding hydrogens is 452 g/mol. The molecule has 34 heavy (non-hydrogen) atoms. The van der Waals surface area contributed by atoms with Crippen LogP contribution < -0.4 is 0 Å². The van der Waals surface area contributed by atoms with Gasteiger partial charge in [-0.05, 0) is 68.6 Å². The first kappa shape index (κ1) is 23.6. The van der Waals surface area contributed by atoms with Gasteiger partial charge in [-0.25, -0.2) is 0 Å². The molecule has 4 rings (SSSR count). The molecule has 1 aromatic carbocycles. The van der Waals surface area contributed by atoms with Crippen LogP contribution in [-0.4, -0.2) is 36.5 Å². The van der Waals surface area contributed by atoms with E-state index in [1.54, 1.807) is 18.2 Å². The van der Waals surface area contributed by atoms with Crippen molar-refractivity contribution in [1.82, 2.24) is 9.58 Å². The van der Waals surface area contributed by atoms with Gasteiger partial charge in [-0.3, -0.25) is 20.3 Å². The minimum atomic E-state index is -0.468. The summed E-state index contributed by atoms with van der Waals surface area (Å²) in [7, 11) is 0. The monoisotopic (exact) mass is 478 g/mol. The number of hydrogen-bond acceptors (Lipinski definition) is 6. The van der Waals surface area contributed by atoms with Gasteiger partial charge < -0.3 is 4.57 Å². The minimum absolute atomic E-state index is 0.00400. The first-order chi connectivity index (χ1) is 16.2. The lowest BCUT2D eigenvalue weighted by Crippen LogP contribution is -2.35. The number of carbonyl (C=O) groups is 1. The first-order valence-electron chi connectivity index (χ1n) is 11.1. The molecule has 0 unspecified atom stereocenters. The van der Waals surface area contributed by atoms with Gasteiger partial charge in [0.15, 0.2) is 5.84 Å². The van der Waals surface area contributed by atoms with Crippen molar-refractivity contribution in [3.8, 4) is 5.69 Å². The maximum atomic E-state index is 12.8. The Bertz CT molecular complexity index is 1300. The number of nitrogens with one attached hydrogen (secondary N) is 1. The number of nitro benzene ring substituents is 1. The fourth-order valence-electron chi connectivity index (χ4n) is 4.07. The molecule has 3 heterocycles. The van der Waals surface area contributed by atoms with Crippen LogP contribution in [0.15, 0.2) is 39.9 Å². The van der Waals surface area contributed by atoms with Crippen LogP contribution in [0.2, 0.25) is 0 Å². The predicted molar refractivity (Wildman–Crippen MR) is 136 cm³/mol. The molecule has 0 saturated heterocycles. The van der Waals surface area contributed by atoms with E-state index in [1.807, 2.05) is 31.4 Å².